The smallest absolute Gasteiger partial charge is 0.253 e. The van der Waals surface area contributed by atoms with Crippen molar-refractivity contribution in [3.63, 3.8) is 0 Å². The average Bonchev–Trinajstić information content (AvgIpc) is 3.49. The Kier molecular flexibility index (Phi) is 5.31. The molecule has 1 aromatic carbocycles. The lowest BCUT2D eigenvalue weighted by atomic mass is 10.1. The first-order valence-electron chi connectivity index (χ1n) is 9.85. The number of pyridine rings is 1. The van der Waals surface area contributed by atoms with Gasteiger partial charge in [-0.1, -0.05) is 11.2 Å². The van der Waals surface area contributed by atoms with Crippen molar-refractivity contribution >= 4 is 11.8 Å². The van der Waals surface area contributed by atoms with Crippen LogP contribution >= 0.6 is 0 Å². The second-order valence-corrected chi connectivity index (χ2v) is 7.68. The van der Waals surface area contributed by atoms with Crippen molar-refractivity contribution in [2.75, 3.05) is 14.1 Å². The van der Waals surface area contributed by atoms with Crippen molar-refractivity contribution in [1.82, 2.24) is 25.3 Å². The van der Waals surface area contributed by atoms with Gasteiger partial charge in [0, 0.05) is 48.6 Å². The highest BCUT2D eigenvalue weighted by Gasteiger charge is 2.26. The molecule has 1 aliphatic rings. The molecule has 1 saturated carbocycles. The molecule has 154 valence electrons. The molecule has 1 atom stereocenters. The van der Waals surface area contributed by atoms with Crippen LogP contribution in [0.2, 0.25) is 0 Å². The van der Waals surface area contributed by atoms with Crippen LogP contribution in [0.1, 0.15) is 64.0 Å². The third-order valence-corrected chi connectivity index (χ3v) is 4.97. The summed E-state index contributed by atoms with van der Waals surface area (Å²) in [5.74, 6) is 0.819. The molecule has 0 saturated heterocycles. The van der Waals surface area contributed by atoms with E-state index in [9.17, 15) is 9.59 Å². The van der Waals surface area contributed by atoms with Gasteiger partial charge in [-0.15, -0.1) is 0 Å². The topological polar surface area (TPSA) is 101 Å². The Hall–Kier alpha value is -3.55. The second kappa shape index (κ2) is 8.06. The van der Waals surface area contributed by atoms with E-state index in [-0.39, 0.29) is 11.8 Å². The third kappa shape index (κ3) is 4.22. The Morgan fingerprint density at radius 3 is 2.67 bits per heavy atom. The molecular weight excluding hydrogens is 382 g/mol. The Balaban J connectivity index is 1.46. The third-order valence-electron chi connectivity index (χ3n) is 4.97. The summed E-state index contributed by atoms with van der Waals surface area (Å²) in [5.41, 5.74) is 2.73. The van der Waals surface area contributed by atoms with E-state index in [0.717, 1.165) is 11.3 Å². The standard InChI is InChI=1S/C22H23N5O3/c1-13(24-20(28)16-5-4-6-17(11-16)22(29)27(2)3)21-25-19(26-30-21)15-9-10-23-18(12-15)14-7-8-14/h4-6,9-14H,7-8H2,1-3H3,(H,24,28)/t13-/m0/s1. The predicted molar refractivity (Wildman–Crippen MR) is 110 cm³/mol. The van der Waals surface area contributed by atoms with E-state index in [0.29, 0.717) is 28.8 Å². The van der Waals surface area contributed by atoms with Crippen LogP contribution in [0, 0.1) is 0 Å². The summed E-state index contributed by atoms with van der Waals surface area (Å²) in [6, 6.07) is 9.93. The Bertz CT molecular complexity index is 1090. The summed E-state index contributed by atoms with van der Waals surface area (Å²) in [6.07, 6.45) is 4.09. The number of carbonyl (C=O) groups excluding carboxylic acids is 2. The van der Waals surface area contributed by atoms with Crippen LogP contribution in [-0.2, 0) is 0 Å². The predicted octanol–water partition coefficient (Wildman–Crippen LogP) is 3.20. The van der Waals surface area contributed by atoms with Gasteiger partial charge in [0.25, 0.3) is 11.8 Å². The van der Waals surface area contributed by atoms with Crippen LogP contribution in [0.15, 0.2) is 47.1 Å². The van der Waals surface area contributed by atoms with Crippen LogP contribution in [-0.4, -0.2) is 45.9 Å². The fraction of sp³-hybridized carbons (Fsp3) is 0.318. The lowest BCUT2D eigenvalue weighted by molar-refractivity contribution is 0.0827. The summed E-state index contributed by atoms with van der Waals surface area (Å²) in [5, 5.41) is 6.89. The van der Waals surface area contributed by atoms with Gasteiger partial charge in [0.15, 0.2) is 0 Å². The second-order valence-electron chi connectivity index (χ2n) is 7.68. The number of aromatic nitrogens is 3. The molecule has 2 amide bonds. The minimum absolute atomic E-state index is 0.165. The SMILES string of the molecule is C[C@H](NC(=O)c1cccc(C(=O)N(C)C)c1)c1nc(-c2ccnc(C3CC3)c2)no1. The van der Waals surface area contributed by atoms with Gasteiger partial charge < -0.3 is 14.7 Å². The number of amides is 2. The van der Waals surface area contributed by atoms with Crippen molar-refractivity contribution in [3.8, 4) is 11.4 Å². The molecule has 1 fully saturated rings. The summed E-state index contributed by atoms with van der Waals surface area (Å²) in [4.78, 5) is 35.1. The zero-order valence-corrected chi connectivity index (χ0v) is 17.1. The molecule has 1 aliphatic carbocycles. The molecule has 0 spiro atoms. The number of rotatable bonds is 6. The molecule has 2 heterocycles. The van der Waals surface area contributed by atoms with Crippen molar-refractivity contribution < 1.29 is 14.1 Å². The summed E-state index contributed by atoms with van der Waals surface area (Å²) in [7, 11) is 3.33. The van der Waals surface area contributed by atoms with Crippen LogP contribution in [0.4, 0.5) is 0 Å². The molecule has 30 heavy (non-hydrogen) atoms. The van der Waals surface area contributed by atoms with Crippen molar-refractivity contribution in [2.45, 2.75) is 31.7 Å². The maximum Gasteiger partial charge on any atom is 0.253 e. The van der Waals surface area contributed by atoms with E-state index in [2.05, 4.69) is 20.4 Å². The molecule has 4 rings (SSSR count). The maximum absolute atomic E-state index is 12.6. The minimum atomic E-state index is -0.489. The van der Waals surface area contributed by atoms with E-state index < -0.39 is 6.04 Å². The van der Waals surface area contributed by atoms with E-state index in [1.54, 1.807) is 51.5 Å². The van der Waals surface area contributed by atoms with E-state index >= 15 is 0 Å². The number of carbonyl (C=O) groups is 2. The molecule has 8 nitrogen and oxygen atoms in total. The Morgan fingerprint density at radius 1 is 1.17 bits per heavy atom. The van der Waals surface area contributed by atoms with Gasteiger partial charge in [0.05, 0.1) is 0 Å². The van der Waals surface area contributed by atoms with Gasteiger partial charge in [-0.25, -0.2) is 0 Å². The molecule has 0 aliphatic heterocycles. The summed E-state index contributed by atoms with van der Waals surface area (Å²) >= 11 is 0. The fourth-order valence-corrected chi connectivity index (χ4v) is 3.11. The summed E-state index contributed by atoms with van der Waals surface area (Å²) < 4.78 is 5.37. The fourth-order valence-electron chi connectivity index (χ4n) is 3.11. The number of nitrogens with one attached hydrogen (secondary N) is 1. The number of hydrogen-bond acceptors (Lipinski definition) is 6. The first-order valence-corrected chi connectivity index (χ1v) is 9.85. The minimum Gasteiger partial charge on any atom is -0.345 e. The van der Waals surface area contributed by atoms with Gasteiger partial charge in [0.1, 0.15) is 6.04 Å². The molecule has 2 aromatic heterocycles. The van der Waals surface area contributed by atoms with Gasteiger partial charge in [-0.3, -0.25) is 14.6 Å². The average molecular weight is 405 g/mol. The highest BCUT2D eigenvalue weighted by atomic mass is 16.5. The van der Waals surface area contributed by atoms with Crippen LogP contribution in [0.3, 0.4) is 0 Å². The molecule has 8 heteroatoms. The van der Waals surface area contributed by atoms with Gasteiger partial charge in [-0.05, 0) is 50.1 Å². The highest BCUT2D eigenvalue weighted by molar-refractivity contribution is 5.99. The molecule has 1 N–H and O–H groups in total. The van der Waals surface area contributed by atoms with Gasteiger partial charge in [-0.2, -0.15) is 4.98 Å². The quantitative estimate of drug-likeness (QED) is 0.676. The first kappa shape index (κ1) is 19.8. The lowest BCUT2D eigenvalue weighted by Gasteiger charge is -2.12. The van der Waals surface area contributed by atoms with Crippen LogP contribution in [0.5, 0.6) is 0 Å². The molecule has 3 aromatic rings. The van der Waals surface area contributed by atoms with Gasteiger partial charge >= 0.3 is 0 Å². The Labute approximate surface area is 174 Å². The largest absolute Gasteiger partial charge is 0.345 e. The zero-order chi connectivity index (χ0) is 21.3. The van der Waals surface area contributed by atoms with Crippen molar-refractivity contribution in [1.29, 1.82) is 0 Å². The summed E-state index contributed by atoms with van der Waals surface area (Å²) in [6.45, 7) is 1.77. The maximum atomic E-state index is 12.6. The Morgan fingerprint density at radius 2 is 1.93 bits per heavy atom. The van der Waals surface area contributed by atoms with Crippen molar-refractivity contribution in [3.05, 3.63) is 65.3 Å². The van der Waals surface area contributed by atoms with E-state index in [4.69, 9.17) is 4.52 Å². The van der Waals surface area contributed by atoms with Crippen molar-refractivity contribution in [2.24, 2.45) is 0 Å². The first-order chi connectivity index (χ1) is 14.4. The number of benzene rings is 1. The molecular formula is C22H23N5O3. The van der Waals surface area contributed by atoms with Crippen LogP contribution in [0.25, 0.3) is 11.4 Å². The van der Waals surface area contributed by atoms with E-state index in [1.807, 2.05) is 12.1 Å². The van der Waals surface area contributed by atoms with E-state index in [1.165, 1.54) is 17.7 Å². The highest BCUT2D eigenvalue weighted by Crippen LogP contribution is 2.39. The van der Waals surface area contributed by atoms with Crippen LogP contribution < -0.4 is 5.32 Å². The normalized spacial score (nSPS) is 14.2. The molecule has 0 radical (unpaired) electrons. The number of hydrogen-bond donors (Lipinski definition) is 1. The lowest BCUT2D eigenvalue weighted by Crippen LogP contribution is -2.27. The monoisotopic (exact) mass is 405 g/mol. The van der Waals surface area contributed by atoms with Gasteiger partial charge in [0.2, 0.25) is 11.7 Å². The molecule has 0 unspecified atom stereocenters. The zero-order valence-electron chi connectivity index (χ0n) is 17.1. The molecule has 0 bridgehead atoms. The number of nitrogens with zero attached hydrogens (tertiary/aromatic N) is 4.